The maximum absolute atomic E-state index is 11.5. The summed E-state index contributed by atoms with van der Waals surface area (Å²) in [5.41, 5.74) is 6.40. The molecule has 0 aromatic heterocycles. The molecule has 1 N–H and O–H groups in total. The molecule has 32 heavy (non-hydrogen) atoms. The Morgan fingerprint density at radius 1 is 1.12 bits per heavy atom. The fourth-order valence-electron chi connectivity index (χ4n) is 3.99. The second-order valence-corrected chi connectivity index (χ2v) is 9.29. The lowest BCUT2D eigenvalue weighted by Gasteiger charge is -2.32. The molecule has 0 aliphatic heterocycles. The molecule has 2 rings (SSSR count). The number of carbonyl (C=O) groups is 1. The largest absolute Gasteiger partial charge is 0.480 e. The van der Waals surface area contributed by atoms with E-state index in [4.69, 9.17) is 0 Å². The van der Waals surface area contributed by atoms with Crippen LogP contribution in [0.25, 0.3) is 0 Å². The van der Waals surface area contributed by atoms with Gasteiger partial charge in [-0.15, -0.1) is 0 Å². The minimum absolute atomic E-state index is 0.252. The van der Waals surface area contributed by atoms with E-state index in [1.54, 1.807) is 6.21 Å². The minimum atomic E-state index is -0.913. The van der Waals surface area contributed by atoms with Gasteiger partial charge in [-0.2, -0.15) is 0 Å². The molecule has 0 heterocycles. The van der Waals surface area contributed by atoms with Gasteiger partial charge in [0.2, 0.25) is 0 Å². The Morgan fingerprint density at radius 3 is 2.47 bits per heavy atom. The molecule has 170 valence electrons. The predicted molar refractivity (Wildman–Crippen MR) is 136 cm³/mol. The van der Waals surface area contributed by atoms with Crippen LogP contribution in [0.15, 0.2) is 94.1 Å². The topological polar surface area (TPSA) is 49.7 Å². The van der Waals surface area contributed by atoms with Crippen molar-refractivity contribution in [1.82, 2.24) is 0 Å². The Kier molecular flexibility index (Phi) is 9.64. The summed E-state index contributed by atoms with van der Waals surface area (Å²) in [5, 5.41) is 9.43. The van der Waals surface area contributed by atoms with Gasteiger partial charge in [0, 0.05) is 12.6 Å². The highest BCUT2D eigenvalue weighted by Gasteiger charge is 2.26. The lowest BCUT2D eigenvalue weighted by Crippen LogP contribution is -2.20. The second kappa shape index (κ2) is 12.2. The Bertz CT molecular complexity index is 956. The van der Waals surface area contributed by atoms with Gasteiger partial charge in [0.25, 0.3) is 0 Å². The van der Waals surface area contributed by atoms with Gasteiger partial charge < -0.3 is 5.11 Å². The average molecular weight is 432 g/mol. The van der Waals surface area contributed by atoms with Crippen molar-refractivity contribution in [3.63, 3.8) is 0 Å². The number of benzene rings is 1. The second-order valence-electron chi connectivity index (χ2n) is 9.29. The summed E-state index contributed by atoms with van der Waals surface area (Å²) in [7, 11) is 0. The molecular weight excluding hydrogens is 394 g/mol. The maximum Gasteiger partial charge on any atom is 0.328 e. The Hall–Kier alpha value is -2.94. The van der Waals surface area contributed by atoms with Crippen molar-refractivity contribution in [2.75, 3.05) is 0 Å². The van der Waals surface area contributed by atoms with Gasteiger partial charge in [-0.3, -0.25) is 4.99 Å². The van der Waals surface area contributed by atoms with E-state index in [-0.39, 0.29) is 5.41 Å². The van der Waals surface area contributed by atoms with Crippen LogP contribution in [0.3, 0.4) is 0 Å². The summed E-state index contributed by atoms with van der Waals surface area (Å²) >= 11 is 0. The van der Waals surface area contributed by atoms with Gasteiger partial charge in [0.05, 0.1) is 0 Å². The van der Waals surface area contributed by atoms with Crippen LogP contribution >= 0.6 is 0 Å². The van der Waals surface area contributed by atoms with E-state index in [0.717, 1.165) is 11.1 Å². The van der Waals surface area contributed by atoms with E-state index >= 15 is 0 Å². The first-order valence-corrected chi connectivity index (χ1v) is 11.4. The zero-order valence-electron chi connectivity index (χ0n) is 20.1. The fourth-order valence-corrected chi connectivity index (χ4v) is 3.99. The van der Waals surface area contributed by atoms with Crippen LogP contribution in [0.4, 0.5) is 0 Å². The summed E-state index contributed by atoms with van der Waals surface area (Å²) < 4.78 is 0. The number of allylic oxidation sites excluding steroid dienone is 10. The molecule has 0 amide bonds. The van der Waals surface area contributed by atoms with Gasteiger partial charge in [-0.05, 0) is 68.2 Å². The lowest BCUT2D eigenvalue weighted by atomic mass is 9.72. The zero-order chi connectivity index (χ0) is 23.6. The molecule has 0 bridgehead atoms. The summed E-state index contributed by atoms with van der Waals surface area (Å²) in [6, 6.07) is 8.80. The van der Waals surface area contributed by atoms with E-state index in [9.17, 15) is 9.90 Å². The van der Waals surface area contributed by atoms with Crippen LogP contribution in [0.2, 0.25) is 0 Å². The minimum Gasteiger partial charge on any atom is -0.480 e. The third-order valence-electron chi connectivity index (χ3n) is 5.93. The van der Waals surface area contributed by atoms with Gasteiger partial charge in [-0.1, -0.05) is 85.7 Å². The van der Waals surface area contributed by atoms with Crippen LogP contribution in [0.5, 0.6) is 0 Å². The Balaban J connectivity index is 1.96. The van der Waals surface area contributed by atoms with E-state index in [0.29, 0.717) is 6.42 Å². The van der Waals surface area contributed by atoms with Gasteiger partial charge in [-0.25, -0.2) is 4.79 Å². The smallest absolute Gasteiger partial charge is 0.328 e. The van der Waals surface area contributed by atoms with Crippen molar-refractivity contribution in [1.29, 1.82) is 0 Å². The molecule has 0 fully saturated rings. The Labute approximate surface area is 193 Å². The number of hydrogen-bond donors (Lipinski definition) is 1. The number of carboxylic acids is 1. The number of aliphatic imine (C=N–C) groups is 1. The third-order valence-corrected chi connectivity index (χ3v) is 5.93. The quantitative estimate of drug-likeness (QED) is 0.330. The van der Waals surface area contributed by atoms with Crippen molar-refractivity contribution < 1.29 is 9.90 Å². The number of aliphatic carboxylic acids is 1. The van der Waals surface area contributed by atoms with E-state index in [2.05, 4.69) is 50.9 Å². The van der Waals surface area contributed by atoms with Crippen molar-refractivity contribution in [3.8, 4) is 0 Å². The van der Waals surface area contributed by atoms with Crippen LogP contribution in [0, 0.1) is 5.41 Å². The summed E-state index contributed by atoms with van der Waals surface area (Å²) in [6.07, 6.45) is 18.1. The van der Waals surface area contributed by atoms with Crippen molar-refractivity contribution in [2.45, 2.75) is 66.3 Å². The predicted octanol–water partition coefficient (Wildman–Crippen LogP) is 7.28. The van der Waals surface area contributed by atoms with Crippen LogP contribution in [-0.4, -0.2) is 23.3 Å². The first-order valence-electron chi connectivity index (χ1n) is 11.4. The van der Waals surface area contributed by atoms with Gasteiger partial charge in [0.15, 0.2) is 6.04 Å². The van der Waals surface area contributed by atoms with Gasteiger partial charge in [0.1, 0.15) is 0 Å². The molecule has 1 aromatic carbocycles. The molecule has 1 aliphatic carbocycles. The molecule has 1 unspecified atom stereocenters. The number of nitrogens with zero attached hydrogens (tertiary/aromatic N) is 1. The number of hydrogen-bond acceptors (Lipinski definition) is 2. The molecule has 0 saturated heterocycles. The van der Waals surface area contributed by atoms with Crippen molar-refractivity contribution in [3.05, 3.63) is 94.6 Å². The zero-order valence-corrected chi connectivity index (χ0v) is 20.1. The third kappa shape index (κ3) is 8.30. The van der Waals surface area contributed by atoms with E-state index < -0.39 is 12.0 Å². The van der Waals surface area contributed by atoms with E-state index in [1.165, 1.54) is 36.0 Å². The fraction of sp³-hybridized carbons (Fsp3) is 0.379. The normalized spacial score (nSPS) is 18.8. The highest BCUT2D eigenvalue weighted by Crippen LogP contribution is 2.40. The van der Waals surface area contributed by atoms with Crippen LogP contribution < -0.4 is 0 Å². The SMILES string of the molecule is CC1=C(/C=C/C(C)=C/C=C/C(C)=C/C=NC(Cc2ccccc2)C(=O)O)C(C)(C)CCC1. The van der Waals surface area contributed by atoms with Crippen LogP contribution in [0.1, 0.15) is 59.4 Å². The molecule has 3 heteroatoms. The standard InChI is InChI=1S/C29H37NO2/c1-22(16-17-26-24(3)13-10-19-29(26,4)5)11-9-12-23(2)18-20-30-27(28(31)32)21-25-14-7-6-8-15-25/h6-9,11-12,14-18,20,27H,10,13,19,21H2,1-5H3,(H,31,32)/b12-9+,17-16+,22-11+,23-18+,30-20?. The molecule has 1 aliphatic rings. The monoisotopic (exact) mass is 431 g/mol. The van der Waals surface area contributed by atoms with E-state index in [1.807, 2.05) is 55.5 Å². The molecule has 0 saturated carbocycles. The van der Waals surface area contributed by atoms with Gasteiger partial charge >= 0.3 is 5.97 Å². The Morgan fingerprint density at radius 2 is 1.81 bits per heavy atom. The highest BCUT2D eigenvalue weighted by atomic mass is 16.4. The highest BCUT2D eigenvalue weighted by molar-refractivity contribution is 5.80. The van der Waals surface area contributed by atoms with Crippen molar-refractivity contribution in [2.24, 2.45) is 10.4 Å². The molecule has 1 aromatic rings. The lowest BCUT2D eigenvalue weighted by molar-refractivity contribution is -0.138. The average Bonchev–Trinajstić information content (AvgIpc) is 2.73. The summed E-state index contributed by atoms with van der Waals surface area (Å²) in [6.45, 7) is 11.0. The molecule has 1 atom stereocenters. The molecular formula is C29H37NO2. The molecule has 0 radical (unpaired) electrons. The number of rotatable bonds is 9. The molecule has 0 spiro atoms. The molecule has 3 nitrogen and oxygen atoms in total. The summed E-state index contributed by atoms with van der Waals surface area (Å²) in [5.74, 6) is -0.913. The maximum atomic E-state index is 11.5. The first-order chi connectivity index (χ1) is 15.2. The first kappa shape index (κ1) is 25.3. The van der Waals surface area contributed by atoms with Crippen molar-refractivity contribution >= 4 is 12.2 Å². The number of carboxylic acid groups (broad SMARTS) is 1. The van der Waals surface area contributed by atoms with Crippen LogP contribution in [-0.2, 0) is 11.2 Å². The summed E-state index contributed by atoms with van der Waals surface area (Å²) in [4.78, 5) is 15.7.